The van der Waals surface area contributed by atoms with Gasteiger partial charge in [-0.2, -0.15) is 0 Å². The average molecular weight is 397 g/mol. The van der Waals surface area contributed by atoms with E-state index < -0.39 is 0 Å². The van der Waals surface area contributed by atoms with Crippen molar-refractivity contribution in [2.24, 2.45) is 0 Å². The lowest BCUT2D eigenvalue weighted by molar-refractivity contribution is 0.147. The van der Waals surface area contributed by atoms with E-state index in [1.165, 1.54) is 21.5 Å². The first-order chi connectivity index (χ1) is 14.5. The molecule has 0 heterocycles. The maximum atomic E-state index is 13.4. The minimum Gasteiger partial charge on any atom is -0.321 e. The lowest BCUT2D eigenvalue weighted by Crippen LogP contribution is -2.41. The number of benzene rings is 4. The van der Waals surface area contributed by atoms with Crippen molar-refractivity contribution in [2.45, 2.75) is 25.9 Å². The van der Waals surface area contributed by atoms with Gasteiger partial charge in [-0.25, -0.2) is 4.79 Å². The van der Waals surface area contributed by atoms with E-state index in [4.69, 9.17) is 0 Å². The third-order valence-electron chi connectivity index (χ3n) is 6.31. The summed E-state index contributed by atoms with van der Waals surface area (Å²) in [5.74, 6) is 0. The van der Waals surface area contributed by atoms with Gasteiger partial charge in [-0.05, 0) is 46.5 Å². The van der Waals surface area contributed by atoms with Crippen molar-refractivity contribution >= 4 is 27.6 Å². The number of nitrogens with zero attached hydrogens (tertiary/aromatic N) is 2. The molecule has 30 heavy (non-hydrogen) atoms. The van der Waals surface area contributed by atoms with E-state index in [0.717, 1.165) is 11.1 Å². The molecule has 0 fully saturated rings. The summed E-state index contributed by atoms with van der Waals surface area (Å²) in [7, 11) is 3.78. The molecule has 4 aromatic carbocycles. The van der Waals surface area contributed by atoms with Crippen molar-refractivity contribution in [3.63, 3.8) is 0 Å². The van der Waals surface area contributed by atoms with Gasteiger partial charge in [-0.3, -0.25) is 0 Å². The zero-order valence-electron chi connectivity index (χ0n) is 18.0. The molecule has 0 saturated carbocycles. The molecular formula is C27H28N2O. The van der Waals surface area contributed by atoms with Crippen LogP contribution in [0.2, 0.25) is 0 Å². The van der Waals surface area contributed by atoms with Crippen LogP contribution in [-0.4, -0.2) is 29.9 Å². The second-order valence-electron chi connectivity index (χ2n) is 7.99. The largest absolute Gasteiger partial charge is 0.321 e. The Balaban J connectivity index is 1.61. The van der Waals surface area contributed by atoms with Gasteiger partial charge in [-0.15, -0.1) is 0 Å². The normalized spacial score (nSPS) is 13.2. The second kappa shape index (κ2) is 8.19. The Morgan fingerprint density at radius 2 is 0.967 bits per heavy atom. The minimum atomic E-state index is -0.0363. The van der Waals surface area contributed by atoms with Crippen molar-refractivity contribution in [3.05, 3.63) is 96.1 Å². The first-order valence-electron chi connectivity index (χ1n) is 10.4. The lowest BCUT2D eigenvalue weighted by Gasteiger charge is -2.34. The summed E-state index contributed by atoms with van der Waals surface area (Å²) in [6.07, 6.45) is 0. The number of carbonyl (C=O) groups is 1. The van der Waals surface area contributed by atoms with Crippen LogP contribution in [0.25, 0.3) is 21.5 Å². The Bertz CT molecular complexity index is 1100. The molecule has 3 nitrogen and oxygen atoms in total. The molecule has 0 saturated heterocycles. The third kappa shape index (κ3) is 3.52. The van der Waals surface area contributed by atoms with E-state index in [9.17, 15) is 4.79 Å². The van der Waals surface area contributed by atoms with Crippen molar-refractivity contribution in [2.75, 3.05) is 14.1 Å². The van der Waals surface area contributed by atoms with Gasteiger partial charge in [0.05, 0.1) is 12.1 Å². The summed E-state index contributed by atoms with van der Waals surface area (Å²) in [6.45, 7) is 4.19. The van der Waals surface area contributed by atoms with Crippen molar-refractivity contribution in [1.82, 2.24) is 9.80 Å². The summed E-state index contributed by atoms with van der Waals surface area (Å²) in [6, 6.07) is 29.2. The van der Waals surface area contributed by atoms with Crippen LogP contribution in [0.1, 0.15) is 37.1 Å². The van der Waals surface area contributed by atoms with Gasteiger partial charge in [-0.1, -0.05) is 84.9 Å². The minimum absolute atomic E-state index is 0.0101. The van der Waals surface area contributed by atoms with Crippen LogP contribution < -0.4 is 0 Å². The summed E-state index contributed by atoms with van der Waals surface area (Å²) in [4.78, 5) is 17.1. The molecule has 0 spiro atoms. The van der Waals surface area contributed by atoms with Crippen LogP contribution in [0, 0.1) is 0 Å². The first kappa shape index (κ1) is 20.0. The number of rotatable bonds is 4. The fraction of sp³-hybridized carbons (Fsp3) is 0.222. The number of fused-ring (bicyclic) bond motifs is 2. The fourth-order valence-corrected chi connectivity index (χ4v) is 4.23. The fourth-order valence-electron chi connectivity index (χ4n) is 4.23. The number of amides is 2. The van der Waals surface area contributed by atoms with Gasteiger partial charge >= 0.3 is 6.03 Å². The van der Waals surface area contributed by atoms with Crippen LogP contribution >= 0.6 is 0 Å². The van der Waals surface area contributed by atoms with Crippen LogP contribution in [0.15, 0.2) is 84.9 Å². The average Bonchev–Trinajstić information content (AvgIpc) is 2.81. The molecule has 2 amide bonds. The summed E-state index contributed by atoms with van der Waals surface area (Å²) < 4.78 is 0. The molecule has 0 N–H and O–H groups in total. The SMILES string of the molecule is C[C@H](c1cccc2ccccc12)N(C)C(=O)N(C)[C@H](C)c1cccc2ccccc12. The third-order valence-corrected chi connectivity index (χ3v) is 6.31. The summed E-state index contributed by atoms with van der Waals surface area (Å²) in [5, 5.41) is 4.77. The van der Waals surface area contributed by atoms with Gasteiger partial charge in [0.1, 0.15) is 0 Å². The van der Waals surface area contributed by atoms with Crippen LogP contribution in [0.4, 0.5) is 4.79 Å². The molecule has 0 aliphatic rings. The molecule has 152 valence electrons. The molecule has 0 bridgehead atoms. The molecule has 0 aliphatic carbocycles. The van der Waals surface area contributed by atoms with Crippen molar-refractivity contribution in [3.8, 4) is 0 Å². The highest BCUT2D eigenvalue weighted by molar-refractivity contribution is 5.88. The maximum absolute atomic E-state index is 13.4. The van der Waals surface area contributed by atoms with E-state index >= 15 is 0 Å². The Morgan fingerprint density at radius 3 is 1.40 bits per heavy atom. The van der Waals surface area contributed by atoms with Gasteiger partial charge in [0.25, 0.3) is 0 Å². The van der Waals surface area contributed by atoms with Crippen LogP contribution in [0.5, 0.6) is 0 Å². The summed E-state index contributed by atoms with van der Waals surface area (Å²) >= 11 is 0. The number of hydrogen-bond donors (Lipinski definition) is 0. The van der Waals surface area contributed by atoms with E-state index in [1.54, 1.807) is 0 Å². The van der Waals surface area contributed by atoms with E-state index in [0.29, 0.717) is 0 Å². The molecule has 4 rings (SSSR count). The zero-order valence-corrected chi connectivity index (χ0v) is 18.0. The van der Waals surface area contributed by atoms with Gasteiger partial charge in [0.15, 0.2) is 0 Å². The van der Waals surface area contributed by atoms with Crippen molar-refractivity contribution < 1.29 is 4.79 Å². The zero-order chi connectivity index (χ0) is 21.3. The predicted octanol–water partition coefficient (Wildman–Crippen LogP) is 6.80. The quantitative estimate of drug-likeness (QED) is 0.372. The van der Waals surface area contributed by atoms with E-state index in [-0.39, 0.29) is 18.1 Å². The smallest absolute Gasteiger partial charge is 0.320 e. The van der Waals surface area contributed by atoms with Crippen LogP contribution in [0.3, 0.4) is 0 Å². The predicted molar refractivity (Wildman–Crippen MR) is 126 cm³/mol. The highest BCUT2D eigenvalue weighted by atomic mass is 16.2. The Morgan fingerprint density at radius 1 is 0.600 bits per heavy atom. The number of hydrogen-bond acceptors (Lipinski definition) is 1. The molecule has 0 unspecified atom stereocenters. The molecule has 0 aliphatic heterocycles. The molecule has 2 atom stereocenters. The molecule has 4 aromatic rings. The van der Waals surface area contributed by atoms with E-state index in [2.05, 4.69) is 86.6 Å². The molecule has 0 aromatic heterocycles. The Labute approximate surface area is 178 Å². The maximum Gasteiger partial charge on any atom is 0.320 e. The van der Waals surface area contributed by atoms with Gasteiger partial charge in [0.2, 0.25) is 0 Å². The Kier molecular flexibility index (Phi) is 5.45. The number of urea groups is 1. The molecular weight excluding hydrogens is 368 g/mol. The topological polar surface area (TPSA) is 23.6 Å². The first-order valence-corrected chi connectivity index (χ1v) is 10.4. The monoisotopic (exact) mass is 396 g/mol. The van der Waals surface area contributed by atoms with Gasteiger partial charge in [0, 0.05) is 14.1 Å². The molecule has 3 heteroatoms. The standard InChI is InChI=1S/C27H28N2O/c1-19(23-17-9-13-21-11-5-7-15-25(21)23)28(3)27(30)29(4)20(2)24-18-10-14-22-12-6-8-16-26(22)24/h5-20H,1-4H3/t19-,20-/m1/s1. The number of carbonyl (C=O) groups excluding carboxylic acids is 1. The molecule has 0 radical (unpaired) electrons. The summed E-state index contributed by atoms with van der Waals surface area (Å²) in [5.41, 5.74) is 2.32. The Hall–Kier alpha value is -3.33. The highest BCUT2D eigenvalue weighted by Gasteiger charge is 2.26. The van der Waals surface area contributed by atoms with E-state index in [1.807, 2.05) is 36.0 Å². The van der Waals surface area contributed by atoms with Crippen molar-refractivity contribution in [1.29, 1.82) is 0 Å². The second-order valence-corrected chi connectivity index (χ2v) is 7.99. The van der Waals surface area contributed by atoms with Gasteiger partial charge < -0.3 is 9.80 Å². The highest BCUT2D eigenvalue weighted by Crippen LogP contribution is 2.31. The lowest BCUT2D eigenvalue weighted by atomic mass is 9.98. The van der Waals surface area contributed by atoms with Crippen LogP contribution in [-0.2, 0) is 0 Å².